The summed E-state index contributed by atoms with van der Waals surface area (Å²) in [5.41, 5.74) is 6.68. The highest BCUT2D eigenvalue weighted by Crippen LogP contribution is 2.34. The van der Waals surface area contributed by atoms with Crippen LogP contribution in [0.3, 0.4) is 0 Å². The predicted molar refractivity (Wildman–Crippen MR) is 150 cm³/mol. The molecule has 0 bridgehead atoms. The van der Waals surface area contributed by atoms with Crippen molar-refractivity contribution in [2.75, 3.05) is 13.1 Å². The van der Waals surface area contributed by atoms with Crippen LogP contribution in [0.15, 0.2) is 83.9 Å². The molecule has 0 radical (unpaired) electrons. The third-order valence-corrected chi connectivity index (χ3v) is 8.14. The highest BCUT2D eigenvalue weighted by Gasteiger charge is 2.37. The van der Waals surface area contributed by atoms with Gasteiger partial charge < -0.3 is 9.47 Å². The zero-order valence-corrected chi connectivity index (χ0v) is 21.9. The normalized spacial score (nSPS) is 16.5. The van der Waals surface area contributed by atoms with E-state index < -0.39 is 11.1 Å². The molecule has 7 heteroatoms. The van der Waals surface area contributed by atoms with Crippen LogP contribution in [0, 0.1) is 6.92 Å². The van der Waals surface area contributed by atoms with Crippen LogP contribution in [0.5, 0.6) is 0 Å². The SMILES string of the molecule is Cc1ccc(Cn2cc(/C=C3\SC(=O)N(CC(=O)N4CCc5ccccc5C4)C3=O)c3ccccc32)cc1. The first-order chi connectivity index (χ1) is 18.5. The summed E-state index contributed by atoms with van der Waals surface area (Å²) in [6.45, 7) is 3.62. The number of carbonyl (C=O) groups is 3. The molecular weight excluding hydrogens is 494 g/mol. The third-order valence-electron chi connectivity index (χ3n) is 7.23. The predicted octanol–water partition coefficient (Wildman–Crippen LogP) is 5.62. The maximum atomic E-state index is 13.2. The van der Waals surface area contributed by atoms with E-state index in [0.29, 0.717) is 24.5 Å². The molecule has 0 atom stereocenters. The van der Waals surface area contributed by atoms with E-state index in [-0.39, 0.29) is 12.5 Å². The lowest BCUT2D eigenvalue weighted by Crippen LogP contribution is -2.44. The van der Waals surface area contributed by atoms with Crippen LogP contribution < -0.4 is 0 Å². The van der Waals surface area contributed by atoms with Gasteiger partial charge in [0, 0.05) is 42.3 Å². The number of fused-ring (bicyclic) bond motifs is 2. The molecule has 3 heterocycles. The summed E-state index contributed by atoms with van der Waals surface area (Å²) in [6, 6.07) is 24.5. The number of rotatable bonds is 5. The average molecular weight is 522 g/mol. The Labute approximate surface area is 225 Å². The fraction of sp³-hybridized carbons (Fsp3) is 0.194. The molecule has 3 aromatic carbocycles. The lowest BCUT2D eigenvalue weighted by atomic mass is 10.00. The molecule has 2 aliphatic heterocycles. The maximum Gasteiger partial charge on any atom is 0.294 e. The molecule has 0 saturated carbocycles. The van der Waals surface area contributed by atoms with Crippen molar-refractivity contribution in [2.45, 2.75) is 26.4 Å². The van der Waals surface area contributed by atoms with E-state index in [0.717, 1.165) is 45.1 Å². The van der Waals surface area contributed by atoms with Gasteiger partial charge in [-0.25, -0.2) is 0 Å². The zero-order chi connectivity index (χ0) is 26.2. The Bertz CT molecular complexity index is 1600. The Kier molecular flexibility index (Phi) is 6.37. The average Bonchev–Trinajstić information content (AvgIpc) is 3.41. The molecule has 1 saturated heterocycles. The summed E-state index contributed by atoms with van der Waals surface area (Å²) >= 11 is 0.896. The van der Waals surface area contributed by atoms with Crippen molar-refractivity contribution in [1.82, 2.24) is 14.4 Å². The van der Waals surface area contributed by atoms with Gasteiger partial charge >= 0.3 is 0 Å². The van der Waals surface area contributed by atoms with Crippen LogP contribution in [-0.2, 0) is 29.1 Å². The first-order valence-corrected chi connectivity index (χ1v) is 13.5. The number of nitrogens with zero attached hydrogens (tertiary/aromatic N) is 3. The van der Waals surface area contributed by atoms with E-state index in [1.807, 2.05) is 42.6 Å². The molecule has 1 aromatic heterocycles. The Hall–Kier alpha value is -4.10. The molecule has 0 spiro atoms. The molecule has 2 aliphatic rings. The van der Waals surface area contributed by atoms with Crippen molar-refractivity contribution in [2.24, 2.45) is 0 Å². The zero-order valence-electron chi connectivity index (χ0n) is 21.1. The second kappa shape index (κ2) is 9.99. The fourth-order valence-corrected chi connectivity index (χ4v) is 5.96. The number of para-hydroxylation sites is 1. The van der Waals surface area contributed by atoms with Gasteiger partial charge in [-0.2, -0.15) is 0 Å². The van der Waals surface area contributed by atoms with Gasteiger partial charge in [0.1, 0.15) is 6.54 Å². The van der Waals surface area contributed by atoms with Crippen LogP contribution in [0.2, 0.25) is 0 Å². The number of aryl methyl sites for hydroxylation is 1. The van der Waals surface area contributed by atoms with Gasteiger partial charge in [-0.15, -0.1) is 0 Å². The summed E-state index contributed by atoms with van der Waals surface area (Å²) in [5, 5.41) is 0.602. The number of hydrogen-bond donors (Lipinski definition) is 0. The number of aromatic nitrogens is 1. The second-order valence-corrected chi connectivity index (χ2v) is 10.8. The number of benzene rings is 3. The molecule has 0 aliphatic carbocycles. The summed E-state index contributed by atoms with van der Waals surface area (Å²) in [5.74, 6) is -0.626. The lowest BCUT2D eigenvalue weighted by Gasteiger charge is -2.29. The Morgan fingerprint density at radius 1 is 0.947 bits per heavy atom. The van der Waals surface area contributed by atoms with E-state index in [4.69, 9.17) is 0 Å². The maximum absolute atomic E-state index is 13.2. The highest BCUT2D eigenvalue weighted by atomic mass is 32.2. The van der Waals surface area contributed by atoms with E-state index in [1.54, 1.807) is 11.0 Å². The van der Waals surface area contributed by atoms with E-state index in [2.05, 4.69) is 47.9 Å². The summed E-state index contributed by atoms with van der Waals surface area (Å²) in [6.07, 6.45) is 4.58. The molecule has 1 fully saturated rings. The van der Waals surface area contributed by atoms with Crippen LogP contribution in [-0.4, -0.2) is 44.5 Å². The topological polar surface area (TPSA) is 62.6 Å². The van der Waals surface area contributed by atoms with Gasteiger partial charge in [0.25, 0.3) is 11.1 Å². The molecule has 38 heavy (non-hydrogen) atoms. The van der Waals surface area contributed by atoms with E-state index in [1.165, 1.54) is 16.7 Å². The number of thioether (sulfide) groups is 1. The van der Waals surface area contributed by atoms with Gasteiger partial charge in [-0.1, -0.05) is 72.3 Å². The van der Waals surface area contributed by atoms with Gasteiger partial charge in [0.2, 0.25) is 5.91 Å². The van der Waals surface area contributed by atoms with Crippen LogP contribution in [0.25, 0.3) is 17.0 Å². The molecular formula is C31H27N3O3S. The van der Waals surface area contributed by atoms with Crippen molar-refractivity contribution in [1.29, 1.82) is 0 Å². The molecule has 0 unspecified atom stereocenters. The first kappa shape index (κ1) is 24.2. The molecule has 3 amide bonds. The minimum atomic E-state index is -0.416. The molecule has 0 N–H and O–H groups in total. The monoisotopic (exact) mass is 521 g/mol. The third kappa shape index (κ3) is 4.65. The Morgan fingerprint density at radius 2 is 1.68 bits per heavy atom. The highest BCUT2D eigenvalue weighted by molar-refractivity contribution is 8.18. The smallest absolute Gasteiger partial charge is 0.294 e. The Morgan fingerprint density at radius 3 is 2.50 bits per heavy atom. The van der Waals surface area contributed by atoms with Gasteiger partial charge in [-0.3, -0.25) is 19.3 Å². The molecule has 4 aromatic rings. The van der Waals surface area contributed by atoms with E-state index in [9.17, 15) is 14.4 Å². The van der Waals surface area contributed by atoms with Crippen LogP contribution >= 0.6 is 11.8 Å². The number of imide groups is 1. The quantitative estimate of drug-likeness (QED) is 0.320. The van der Waals surface area contributed by atoms with Crippen molar-refractivity contribution in [3.63, 3.8) is 0 Å². The van der Waals surface area contributed by atoms with Crippen molar-refractivity contribution in [3.8, 4) is 0 Å². The van der Waals surface area contributed by atoms with Gasteiger partial charge in [0.15, 0.2) is 0 Å². The standard InChI is InChI=1S/C31H27N3O3S/c1-21-10-12-22(13-11-21)17-33-19-25(26-8-4-5-9-27(26)33)16-28-30(36)34(31(37)38-28)20-29(35)32-15-14-23-6-2-3-7-24(23)18-32/h2-13,16,19H,14-15,17-18,20H2,1H3/b28-16-. The van der Waals surface area contributed by atoms with Crippen molar-refractivity contribution >= 4 is 45.8 Å². The van der Waals surface area contributed by atoms with Crippen molar-refractivity contribution < 1.29 is 14.4 Å². The van der Waals surface area contributed by atoms with Crippen molar-refractivity contribution in [3.05, 3.63) is 112 Å². The fourth-order valence-electron chi connectivity index (χ4n) is 5.13. The molecule has 190 valence electrons. The molecule has 6 rings (SSSR count). The second-order valence-electron chi connectivity index (χ2n) is 9.82. The largest absolute Gasteiger partial charge is 0.342 e. The lowest BCUT2D eigenvalue weighted by molar-refractivity contribution is -0.136. The first-order valence-electron chi connectivity index (χ1n) is 12.7. The summed E-state index contributed by atoms with van der Waals surface area (Å²) in [7, 11) is 0. The van der Waals surface area contributed by atoms with Gasteiger partial charge in [0.05, 0.1) is 4.91 Å². The number of carbonyl (C=O) groups excluding carboxylic acids is 3. The van der Waals surface area contributed by atoms with Crippen LogP contribution in [0.4, 0.5) is 4.79 Å². The van der Waals surface area contributed by atoms with Gasteiger partial charge in [-0.05, 0) is 53.9 Å². The number of amides is 3. The minimum Gasteiger partial charge on any atom is -0.342 e. The summed E-state index contributed by atoms with van der Waals surface area (Å²) in [4.78, 5) is 42.2. The Balaban J connectivity index is 1.22. The van der Waals surface area contributed by atoms with Crippen LogP contribution in [0.1, 0.15) is 27.8 Å². The number of hydrogen-bond acceptors (Lipinski definition) is 4. The molecule has 6 nitrogen and oxygen atoms in total. The minimum absolute atomic E-state index is 0.210. The van der Waals surface area contributed by atoms with E-state index >= 15 is 0 Å². The summed E-state index contributed by atoms with van der Waals surface area (Å²) < 4.78 is 2.16.